The van der Waals surface area contributed by atoms with E-state index in [4.69, 9.17) is 15.2 Å². The number of hydrogen-bond donors (Lipinski definition) is 3. The maximum Gasteiger partial charge on any atom is 0.225 e. The molecule has 9 heteroatoms. The van der Waals surface area contributed by atoms with Crippen LogP contribution in [0.2, 0.25) is 0 Å². The van der Waals surface area contributed by atoms with E-state index in [0.717, 1.165) is 0 Å². The van der Waals surface area contributed by atoms with Crippen LogP contribution in [0.1, 0.15) is 19.5 Å². The number of nitrogens with two attached hydrogens (primary N) is 1. The molecular formula is C15H19N5O4. The summed E-state index contributed by atoms with van der Waals surface area (Å²) in [6, 6.07) is 5.18. The van der Waals surface area contributed by atoms with Gasteiger partial charge in [0, 0.05) is 0 Å². The van der Waals surface area contributed by atoms with Crippen molar-refractivity contribution in [2.75, 3.05) is 12.3 Å². The molecule has 1 aliphatic heterocycles. The number of nitriles is 1. The first-order valence-corrected chi connectivity index (χ1v) is 7.56. The second-order valence-electron chi connectivity index (χ2n) is 5.98. The minimum absolute atomic E-state index is 0.0553. The van der Waals surface area contributed by atoms with Crippen LogP contribution >= 0.6 is 0 Å². The van der Waals surface area contributed by atoms with Crippen molar-refractivity contribution < 1.29 is 19.7 Å². The molecule has 2 aromatic heterocycles. The molecule has 0 aromatic carbocycles. The molecule has 0 amide bonds. The molecule has 0 saturated carbocycles. The molecule has 3 heterocycles. The lowest BCUT2D eigenvalue weighted by molar-refractivity contribution is -0.0846. The first kappa shape index (κ1) is 16.6. The number of nitrogen functional groups attached to an aromatic ring is 1. The zero-order chi connectivity index (χ0) is 17.5. The molecule has 4 N–H and O–H groups in total. The number of fused-ring (bicyclic) bond motifs is 1. The Morgan fingerprint density at radius 2 is 2.25 bits per heavy atom. The Morgan fingerprint density at radius 1 is 1.50 bits per heavy atom. The zero-order valence-corrected chi connectivity index (χ0v) is 13.3. The molecule has 128 valence electrons. The van der Waals surface area contributed by atoms with Gasteiger partial charge in [-0.1, -0.05) is 0 Å². The molecule has 3 rings (SSSR count). The van der Waals surface area contributed by atoms with Crippen molar-refractivity contribution in [2.45, 2.75) is 43.9 Å². The van der Waals surface area contributed by atoms with Gasteiger partial charge in [0.15, 0.2) is 5.82 Å². The molecule has 1 aliphatic rings. The Balaban J connectivity index is 2.03. The Morgan fingerprint density at radius 3 is 2.92 bits per heavy atom. The van der Waals surface area contributed by atoms with Crippen molar-refractivity contribution in [1.82, 2.24) is 14.6 Å². The van der Waals surface area contributed by atoms with Crippen LogP contribution in [0.15, 0.2) is 18.5 Å². The maximum atomic E-state index is 10.5. The summed E-state index contributed by atoms with van der Waals surface area (Å²) >= 11 is 0. The summed E-state index contributed by atoms with van der Waals surface area (Å²) < 4.78 is 12.6. The Labute approximate surface area is 138 Å². The van der Waals surface area contributed by atoms with Gasteiger partial charge >= 0.3 is 0 Å². The van der Waals surface area contributed by atoms with Crippen molar-refractivity contribution in [3.63, 3.8) is 0 Å². The van der Waals surface area contributed by atoms with Gasteiger partial charge in [-0.2, -0.15) is 10.4 Å². The van der Waals surface area contributed by atoms with E-state index in [-0.39, 0.29) is 24.2 Å². The van der Waals surface area contributed by atoms with E-state index in [0.29, 0.717) is 5.52 Å². The van der Waals surface area contributed by atoms with Crippen LogP contribution in [0.5, 0.6) is 0 Å². The normalized spacial score (nSPS) is 30.1. The Bertz CT molecular complexity index is 786. The third-order valence-corrected chi connectivity index (χ3v) is 4.08. The largest absolute Gasteiger partial charge is 0.387 e. The van der Waals surface area contributed by atoms with Crippen LogP contribution in [0.25, 0.3) is 5.52 Å². The fourth-order valence-corrected chi connectivity index (χ4v) is 2.84. The van der Waals surface area contributed by atoms with E-state index >= 15 is 0 Å². The quantitative estimate of drug-likeness (QED) is 0.685. The average molecular weight is 333 g/mol. The SMILES string of the molecule is CC(C)OC[C@H]1O[C@@](C#N)(c2ccc3c(N)ncnn23)[C@H](O)[C@@H]1O. The molecule has 0 radical (unpaired) electrons. The minimum atomic E-state index is -1.78. The molecular weight excluding hydrogens is 314 g/mol. The average Bonchev–Trinajstić information content (AvgIpc) is 3.09. The monoisotopic (exact) mass is 333 g/mol. The van der Waals surface area contributed by atoms with Crippen LogP contribution < -0.4 is 5.73 Å². The molecule has 0 bridgehead atoms. The van der Waals surface area contributed by atoms with Gasteiger partial charge in [0.25, 0.3) is 0 Å². The number of aromatic nitrogens is 3. The lowest BCUT2D eigenvalue weighted by Gasteiger charge is -2.24. The summed E-state index contributed by atoms with van der Waals surface area (Å²) in [5.74, 6) is 0.233. The fourth-order valence-electron chi connectivity index (χ4n) is 2.84. The summed E-state index contributed by atoms with van der Waals surface area (Å²) in [5, 5.41) is 34.6. The van der Waals surface area contributed by atoms with E-state index < -0.39 is 23.9 Å². The molecule has 2 aromatic rings. The number of anilines is 1. The molecule has 1 saturated heterocycles. The summed E-state index contributed by atoms with van der Waals surface area (Å²) in [7, 11) is 0. The van der Waals surface area contributed by atoms with E-state index in [2.05, 4.69) is 10.1 Å². The summed E-state index contributed by atoms with van der Waals surface area (Å²) in [5.41, 5.74) is 4.77. The number of aliphatic hydroxyl groups is 2. The molecule has 24 heavy (non-hydrogen) atoms. The van der Waals surface area contributed by atoms with Crippen LogP contribution in [-0.2, 0) is 15.1 Å². The van der Waals surface area contributed by atoms with Crippen molar-refractivity contribution >= 4 is 11.3 Å². The highest BCUT2D eigenvalue weighted by Crippen LogP contribution is 2.40. The van der Waals surface area contributed by atoms with E-state index in [9.17, 15) is 15.5 Å². The van der Waals surface area contributed by atoms with Gasteiger partial charge in [0.05, 0.1) is 18.4 Å². The number of hydrogen-bond acceptors (Lipinski definition) is 8. The second-order valence-corrected chi connectivity index (χ2v) is 5.98. The molecule has 0 unspecified atom stereocenters. The Kier molecular flexibility index (Phi) is 4.15. The maximum absolute atomic E-state index is 10.5. The minimum Gasteiger partial charge on any atom is -0.387 e. The van der Waals surface area contributed by atoms with Crippen molar-refractivity contribution in [3.8, 4) is 6.07 Å². The third-order valence-electron chi connectivity index (χ3n) is 4.08. The van der Waals surface area contributed by atoms with E-state index in [1.54, 1.807) is 12.1 Å². The predicted molar refractivity (Wildman–Crippen MR) is 82.7 cm³/mol. The van der Waals surface area contributed by atoms with Crippen LogP contribution in [0.3, 0.4) is 0 Å². The zero-order valence-electron chi connectivity index (χ0n) is 13.3. The topological polar surface area (TPSA) is 139 Å². The van der Waals surface area contributed by atoms with Gasteiger partial charge in [-0.15, -0.1) is 0 Å². The van der Waals surface area contributed by atoms with Gasteiger partial charge in [-0.3, -0.25) is 0 Å². The first-order valence-electron chi connectivity index (χ1n) is 7.56. The molecule has 1 fully saturated rings. The van der Waals surface area contributed by atoms with Gasteiger partial charge in [0.2, 0.25) is 5.60 Å². The Hall–Kier alpha value is -2.25. The second kappa shape index (κ2) is 5.99. The third kappa shape index (κ3) is 2.40. The smallest absolute Gasteiger partial charge is 0.225 e. The van der Waals surface area contributed by atoms with Gasteiger partial charge < -0.3 is 25.4 Å². The van der Waals surface area contributed by atoms with Gasteiger partial charge in [-0.05, 0) is 26.0 Å². The van der Waals surface area contributed by atoms with Crippen molar-refractivity contribution in [3.05, 3.63) is 24.2 Å². The number of ether oxygens (including phenoxy) is 2. The van der Waals surface area contributed by atoms with Gasteiger partial charge in [-0.25, -0.2) is 9.50 Å². The van der Waals surface area contributed by atoms with E-state index in [1.807, 2.05) is 19.9 Å². The number of aliphatic hydroxyl groups excluding tert-OH is 2. The lowest BCUT2D eigenvalue weighted by Crippen LogP contribution is -2.41. The predicted octanol–water partition coefficient (Wildman–Crippen LogP) is -0.424. The summed E-state index contributed by atoms with van der Waals surface area (Å²) in [4.78, 5) is 3.88. The van der Waals surface area contributed by atoms with Crippen LogP contribution in [0, 0.1) is 11.3 Å². The first-order chi connectivity index (χ1) is 11.4. The molecule has 9 nitrogen and oxygen atoms in total. The van der Waals surface area contributed by atoms with Crippen molar-refractivity contribution in [2.24, 2.45) is 0 Å². The molecule has 0 spiro atoms. The molecule has 0 aliphatic carbocycles. The van der Waals surface area contributed by atoms with Gasteiger partial charge in [0.1, 0.15) is 36.2 Å². The molecule has 4 atom stereocenters. The van der Waals surface area contributed by atoms with Crippen molar-refractivity contribution in [1.29, 1.82) is 5.26 Å². The van der Waals surface area contributed by atoms with E-state index in [1.165, 1.54) is 10.8 Å². The number of nitrogens with zero attached hydrogens (tertiary/aromatic N) is 4. The summed E-state index contributed by atoms with van der Waals surface area (Å²) in [6.45, 7) is 3.74. The van der Waals surface area contributed by atoms with Crippen LogP contribution in [-0.4, -0.2) is 55.8 Å². The highest BCUT2D eigenvalue weighted by Gasteiger charge is 2.57. The summed E-state index contributed by atoms with van der Waals surface area (Å²) in [6.07, 6.45) is -2.40. The highest BCUT2D eigenvalue weighted by atomic mass is 16.6. The number of rotatable bonds is 4. The highest BCUT2D eigenvalue weighted by molar-refractivity contribution is 5.66. The lowest BCUT2D eigenvalue weighted by atomic mass is 9.92. The van der Waals surface area contributed by atoms with Crippen LogP contribution in [0.4, 0.5) is 5.82 Å². The standard InChI is InChI=1S/C15H19N5O4/c1-8(2)23-5-10-12(21)13(22)15(6-16,24-10)11-4-3-9-14(17)18-7-19-20(9)11/h3-4,7-8,10,12-13,21-22H,5H2,1-2H3,(H2,17,18,19)/t10-,12-,13-,15+/m1/s1. The fraction of sp³-hybridized carbons (Fsp3) is 0.533.